The predicted octanol–water partition coefficient (Wildman–Crippen LogP) is 3.78. The van der Waals surface area contributed by atoms with Gasteiger partial charge in [0.1, 0.15) is 6.29 Å². The maximum absolute atomic E-state index is 11.6. The molecule has 0 aliphatic carbocycles. The molecule has 0 aromatic heterocycles. The lowest BCUT2D eigenvalue weighted by atomic mass is 9.79. The van der Waals surface area contributed by atoms with Crippen molar-refractivity contribution >= 4 is 29.7 Å². The summed E-state index contributed by atoms with van der Waals surface area (Å²) in [6, 6.07) is 7.11. The van der Waals surface area contributed by atoms with Gasteiger partial charge in [0.25, 0.3) is 0 Å². The molecule has 3 heteroatoms. The molecule has 0 heterocycles. The molecule has 100 valence electrons. The first-order valence-electron chi connectivity index (χ1n) is 6.38. The Morgan fingerprint density at radius 2 is 1.95 bits per heavy atom. The number of carbonyl (C=O) groups excluding carboxylic acids is 2. The van der Waals surface area contributed by atoms with Crippen molar-refractivity contribution in [3.63, 3.8) is 0 Å². The first-order valence-corrected chi connectivity index (χ1v) is 6.79. The van der Waals surface area contributed by atoms with Crippen LogP contribution in [0.3, 0.4) is 0 Å². The summed E-state index contributed by atoms with van der Waals surface area (Å²) in [7, 11) is 0. The summed E-state index contributed by atoms with van der Waals surface area (Å²) in [6.45, 7) is 3.92. The Morgan fingerprint density at radius 3 is 2.47 bits per heavy atom. The number of benzene rings is 1. The number of hydrogen-bond donors (Lipinski definition) is 0. The van der Waals surface area contributed by atoms with E-state index in [-0.39, 0.29) is 0 Å². The van der Waals surface area contributed by atoms with Crippen LogP contribution in [0.2, 0.25) is 0 Å². The van der Waals surface area contributed by atoms with Gasteiger partial charge in [-0.25, -0.2) is 0 Å². The normalized spacial score (nSPS) is 14.0. The molecule has 0 aliphatic rings. The highest BCUT2D eigenvalue weighted by Gasteiger charge is 2.31. The maximum atomic E-state index is 11.6. The van der Waals surface area contributed by atoms with Crippen molar-refractivity contribution < 1.29 is 9.59 Å². The standard InChI is InChI=1S/C16H18O2S/c1-3-5-10-16(4-2,12-18)15(19)14-9-7-6-8-13(14)11-17/h5-12H,3-4H2,1-2H3. The Balaban J connectivity index is 3.31. The molecule has 0 radical (unpaired) electrons. The van der Waals surface area contributed by atoms with E-state index >= 15 is 0 Å². The van der Waals surface area contributed by atoms with Crippen LogP contribution in [-0.4, -0.2) is 17.4 Å². The van der Waals surface area contributed by atoms with Crippen LogP contribution in [0.4, 0.5) is 0 Å². The number of rotatable bonds is 7. The summed E-state index contributed by atoms with van der Waals surface area (Å²) in [5, 5.41) is 0. The number of allylic oxidation sites excluding steroid dienone is 2. The van der Waals surface area contributed by atoms with Gasteiger partial charge in [-0.05, 0) is 12.8 Å². The van der Waals surface area contributed by atoms with E-state index < -0.39 is 5.41 Å². The smallest absolute Gasteiger partial charge is 0.150 e. The number of aldehydes is 2. The summed E-state index contributed by atoms with van der Waals surface area (Å²) < 4.78 is 0. The van der Waals surface area contributed by atoms with Gasteiger partial charge < -0.3 is 4.79 Å². The number of hydrogen-bond acceptors (Lipinski definition) is 3. The van der Waals surface area contributed by atoms with Gasteiger partial charge in [0.15, 0.2) is 6.29 Å². The number of carbonyl (C=O) groups is 2. The third-order valence-corrected chi connectivity index (χ3v) is 3.80. The fraction of sp³-hybridized carbons (Fsp3) is 0.312. The van der Waals surface area contributed by atoms with E-state index in [0.29, 0.717) is 22.4 Å². The van der Waals surface area contributed by atoms with Gasteiger partial charge in [0.2, 0.25) is 0 Å². The van der Waals surface area contributed by atoms with Gasteiger partial charge in [-0.15, -0.1) is 0 Å². The summed E-state index contributed by atoms with van der Waals surface area (Å²) in [5.41, 5.74) is 0.393. The fourth-order valence-electron chi connectivity index (χ4n) is 1.92. The van der Waals surface area contributed by atoms with E-state index in [1.54, 1.807) is 18.2 Å². The van der Waals surface area contributed by atoms with Crippen molar-refractivity contribution in [2.24, 2.45) is 5.41 Å². The maximum Gasteiger partial charge on any atom is 0.150 e. The minimum absolute atomic E-state index is 0.511. The van der Waals surface area contributed by atoms with Crippen LogP contribution in [-0.2, 0) is 4.79 Å². The molecule has 0 fully saturated rings. The van der Waals surface area contributed by atoms with Crippen molar-refractivity contribution in [1.82, 2.24) is 0 Å². The van der Waals surface area contributed by atoms with E-state index in [9.17, 15) is 9.59 Å². The highest BCUT2D eigenvalue weighted by molar-refractivity contribution is 7.81. The average molecular weight is 274 g/mol. The first-order chi connectivity index (χ1) is 9.15. The summed E-state index contributed by atoms with van der Waals surface area (Å²) >= 11 is 5.48. The molecule has 0 saturated heterocycles. The third-order valence-electron chi connectivity index (χ3n) is 3.20. The van der Waals surface area contributed by atoms with Crippen molar-refractivity contribution in [2.75, 3.05) is 0 Å². The molecule has 1 atom stereocenters. The van der Waals surface area contributed by atoms with E-state index in [0.717, 1.165) is 19.0 Å². The second-order valence-electron chi connectivity index (χ2n) is 4.36. The van der Waals surface area contributed by atoms with Crippen LogP contribution in [0, 0.1) is 5.41 Å². The Kier molecular flexibility index (Phi) is 5.77. The van der Waals surface area contributed by atoms with Crippen LogP contribution in [0.1, 0.15) is 42.6 Å². The Morgan fingerprint density at radius 1 is 1.26 bits per heavy atom. The number of thiocarbonyl (C=S) groups is 1. The second-order valence-corrected chi connectivity index (χ2v) is 4.76. The van der Waals surface area contributed by atoms with Gasteiger partial charge in [-0.3, -0.25) is 4.79 Å². The summed E-state index contributed by atoms with van der Waals surface area (Å²) in [5.74, 6) is 0. The van der Waals surface area contributed by atoms with E-state index in [2.05, 4.69) is 0 Å². The molecule has 2 nitrogen and oxygen atoms in total. The zero-order valence-corrected chi connectivity index (χ0v) is 12.1. The van der Waals surface area contributed by atoms with Gasteiger partial charge in [0.05, 0.1) is 5.41 Å². The molecule has 0 bridgehead atoms. The van der Waals surface area contributed by atoms with Crippen LogP contribution in [0.5, 0.6) is 0 Å². The van der Waals surface area contributed by atoms with Crippen LogP contribution in [0.25, 0.3) is 0 Å². The molecule has 1 aromatic rings. The zero-order valence-electron chi connectivity index (χ0n) is 11.3. The van der Waals surface area contributed by atoms with Crippen LogP contribution < -0.4 is 0 Å². The predicted molar refractivity (Wildman–Crippen MR) is 81.7 cm³/mol. The molecule has 19 heavy (non-hydrogen) atoms. The lowest BCUT2D eigenvalue weighted by Gasteiger charge is -2.25. The first kappa shape index (κ1) is 15.4. The van der Waals surface area contributed by atoms with Gasteiger partial charge in [0, 0.05) is 16.0 Å². The van der Waals surface area contributed by atoms with Crippen LogP contribution >= 0.6 is 12.2 Å². The lowest BCUT2D eigenvalue weighted by Crippen LogP contribution is -2.30. The molecule has 0 saturated carbocycles. The average Bonchev–Trinajstić information content (AvgIpc) is 2.48. The SMILES string of the molecule is CCC=CC(C=O)(CC)C(=S)c1ccccc1C=O. The third kappa shape index (κ3) is 3.24. The molecular formula is C16H18O2S. The Bertz CT molecular complexity index is 505. The molecule has 1 rings (SSSR count). The van der Waals surface area contributed by atoms with Crippen molar-refractivity contribution in [1.29, 1.82) is 0 Å². The Labute approximate surface area is 119 Å². The molecule has 0 spiro atoms. The van der Waals surface area contributed by atoms with Crippen molar-refractivity contribution in [3.8, 4) is 0 Å². The largest absolute Gasteiger partial charge is 0.302 e. The summed E-state index contributed by atoms with van der Waals surface area (Å²) in [4.78, 5) is 23.1. The zero-order chi connectivity index (χ0) is 14.3. The van der Waals surface area contributed by atoms with E-state index in [1.807, 2.05) is 32.1 Å². The minimum Gasteiger partial charge on any atom is -0.302 e. The quantitative estimate of drug-likeness (QED) is 0.328. The van der Waals surface area contributed by atoms with Crippen molar-refractivity contribution in [2.45, 2.75) is 26.7 Å². The topological polar surface area (TPSA) is 34.1 Å². The Hall–Kier alpha value is -1.61. The van der Waals surface area contributed by atoms with E-state index in [1.165, 1.54) is 0 Å². The second kappa shape index (κ2) is 7.10. The monoisotopic (exact) mass is 274 g/mol. The highest BCUT2D eigenvalue weighted by atomic mass is 32.1. The molecule has 0 amide bonds. The summed E-state index contributed by atoms with van der Waals surface area (Å²) in [6.07, 6.45) is 6.86. The van der Waals surface area contributed by atoms with Gasteiger partial charge in [-0.1, -0.05) is 62.5 Å². The van der Waals surface area contributed by atoms with E-state index in [4.69, 9.17) is 12.2 Å². The molecule has 1 aromatic carbocycles. The molecule has 1 unspecified atom stereocenters. The molecule has 0 N–H and O–H groups in total. The molecule has 0 aliphatic heterocycles. The lowest BCUT2D eigenvalue weighted by molar-refractivity contribution is -0.111. The minimum atomic E-state index is -0.801. The van der Waals surface area contributed by atoms with Crippen molar-refractivity contribution in [3.05, 3.63) is 47.5 Å². The van der Waals surface area contributed by atoms with Gasteiger partial charge >= 0.3 is 0 Å². The van der Waals surface area contributed by atoms with Crippen LogP contribution in [0.15, 0.2) is 36.4 Å². The molecular weight excluding hydrogens is 256 g/mol. The fourth-order valence-corrected chi connectivity index (χ4v) is 2.36. The van der Waals surface area contributed by atoms with Gasteiger partial charge in [-0.2, -0.15) is 0 Å². The highest BCUT2D eigenvalue weighted by Crippen LogP contribution is 2.29.